The Balaban J connectivity index is 0.00000192. The molecule has 0 spiro atoms. The molecule has 231 valence electrons. The molecule has 1 aliphatic carbocycles. The van der Waals surface area contributed by atoms with Crippen LogP contribution < -0.4 is 111 Å². The van der Waals surface area contributed by atoms with Gasteiger partial charge in [-0.05, 0) is 52.5 Å². The Morgan fingerprint density at radius 2 is 1.41 bits per heavy atom. The number of hydrogen-bond acceptors (Lipinski definition) is 5. The molecule has 4 aromatic heterocycles. The van der Waals surface area contributed by atoms with Gasteiger partial charge >= 0.3 is 59.1 Å². The van der Waals surface area contributed by atoms with Gasteiger partial charge in [0.1, 0.15) is 0 Å². The molecular weight excluding hydrogens is 654 g/mol. The summed E-state index contributed by atoms with van der Waals surface area (Å²) in [4.78, 5) is 57.1. The smallest absolute Gasteiger partial charge is 0.657 e. The van der Waals surface area contributed by atoms with E-state index in [1.165, 1.54) is 0 Å². The van der Waals surface area contributed by atoms with Crippen molar-refractivity contribution in [2.24, 2.45) is 5.92 Å². The van der Waals surface area contributed by atoms with Gasteiger partial charge in [-0.2, -0.15) is 0 Å². The van der Waals surface area contributed by atoms with Crippen LogP contribution in [0.15, 0.2) is 6.58 Å². The molecule has 0 N–H and O–H groups in total. The van der Waals surface area contributed by atoms with Crippen molar-refractivity contribution in [3.63, 3.8) is 0 Å². The summed E-state index contributed by atoms with van der Waals surface area (Å²) in [5.41, 5.74) is 7.94. The van der Waals surface area contributed by atoms with E-state index in [0.29, 0.717) is 50.5 Å². The molecule has 4 aromatic rings. The maximum atomic E-state index is 13.7. The SMILES string of the molecule is C=Cc1c(C)c2[n-]c1=Cc1[n-]c(c(CC)c1C)/C=c1\[n-]c3c(c1C)C(=O)C(C(=O)[O-])C=3c1[n-]c(c(C)c1CCC(=O)[O-])C=2.[Cu].[Na+].[Na+]. The summed E-state index contributed by atoms with van der Waals surface area (Å²) < 4.78 is 0. The Morgan fingerprint density at radius 1 is 0.826 bits per heavy atom. The first kappa shape index (κ1) is 37.9. The molecular formula is C34H28CuN4Na2O5-4. The Kier molecular flexibility index (Phi) is 11.8. The number of carbonyl (C=O) groups is 3. The van der Waals surface area contributed by atoms with E-state index < -0.39 is 23.6 Å². The van der Waals surface area contributed by atoms with Gasteiger partial charge in [0, 0.05) is 28.6 Å². The molecule has 0 aromatic carbocycles. The predicted octanol–water partition coefficient (Wildman–Crippen LogP) is -7.80. The van der Waals surface area contributed by atoms with E-state index in [2.05, 4.69) is 6.58 Å². The van der Waals surface area contributed by atoms with E-state index in [0.717, 1.165) is 27.9 Å². The van der Waals surface area contributed by atoms with Gasteiger partial charge in [0.25, 0.3) is 0 Å². The number of nitrogens with zero attached hydrogens (tertiary/aromatic N) is 4. The van der Waals surface area contributed by atoms with Gasteiger partial charge in [0.2, 0.25) is 0 Å². The molecule has 0 saturated carbocycles. The van der Waals surface area contributed by atoms with Crippen LogP contribution in [0.25, 0.3) is 29.9 Å². The van der Waals surface area contributed by atoms with Gasteiger partial charge in [0.05, 0.1) is 11.9 Å². The fraction of sp³-hybridized carbons (Fsp3) is 0.265. The molecule has 0 amide bonds. The largest absolute Gasteiger partial charge is 1.00 e. The fourth-order valence-corrected chi connectivity index (χ4v) is 6.42. The molecule has 12 heteroatoms. The second-order valence-electron chi connectivity index (χ2n) is 11.1. The first-order chi connectivity index (χ1) is 20.5. The normalized spacial score (nSPS) is 15.0. The molecule has 5 heterocycles. The third-order valence-corrected chi connectivity index (χ3v) is 8.78. The molecule has 1 radical (unpaired) electrons. The second kappa shape index (κ2) is 14.3. The molecule has 6 rings (SSSR count). The zero-order valence-corrected chi connectivity index (χ0v) is 31.8. The quantitative estimate of drug-likeness (QED) is 0.143. The summed E-state index contributed by atoms with van der Waals surface area (Å²) in [5.74, 6) is -5.08. The maximum Gasteiger partial charge on any atom is 1.00 e. The number of carboxylic acids is 2. The van der Waals surface area contributed by atoms with Crippen LogP contribution in [0.5, 0.6) is 0 Å². The van der Waals surface area contributed by atoms with Gasteiger partial charge in [-0.3, -0.25) is 4.79 Å². The molecule has 0 fully saturated rings. The van der Waals surface area contributed by atoms with Crippen LogP contribution in [0.3, 0.4) is 0 Å². The van der Waals surface area contributed by atoms with Crippen molar-refractivity contribution >= 4 is 47.6 Å². The van der Waals surface area contributed by atoms with Crippen LogP contribution in [0.1, 0.15) is 85.4 Å². The Labute approximate surface area is 320 Å². The van der Waals surface area contributed by atoms with Crippen LogP contribution in [0.2, 0.25) is 0 Å². The van der Waals surface area contributed by atoms with E-state index in [-0.39, 0.29) is 111 Å². The van der Waals surface area contributed by atoms with Gasteiger partial charge < -0.3 is 39.7 Å². The number of aliphatic carboxylic acids is 2. The zero-order chi connectivity index (χ0) is 30.9. The standard InChI is InChI=1S/C34H33N4O5.Cu.2Na/c1-7-18-14(3)21-11-23-16(5)20(9-10-27(39)40)31(37-23)29-30(34(42)43)33(41)28-17(6)24(38-32(28)29)13-26-19(8-2)15(4)22(36-26)12-25(18)35-21;;;/h7,11-13,30H,1,8-10H2,2-6H3,(H5-,35,36,37,38,39,40,41,42,43);;;/q-1;;2*+1/p-5/b21-11?,22-12?,23-11?,24-13-,25-12?,26-13?,31-29?;;;. The molecule has 8 bridgehead atoms. The Bertz CT molecular complexity index is 2180. The van der Waals surface area contributed by atoms with Crippen LogP contribution in [-0.2, 0) is 39.5 Å². The van der Waals surface area contributed by atoms with E-state index in [1.807, 2.05) is 32.9 Å². The number of hydrogen-bond donors (Lipinski definition) is 0. The monoisotopic (exact) mass is 681 g/mol. The molecule has 1 unspecified atom stereocenters. The Hall–Kier alpha value is -2.53. The summed E-state index contributed by atoms with van der Waals surface area (Å²) in [6, 6.07) is 0. The van der Waals surface area contributed by atoms with Gasteiger partial charge in [-0.1, -0.05) is 76.8 Å². The predicted molar refractivity (Wildman–Crippen MR) is 155 cm³/mol. The molecule has 0 saturated heterocycles. The minimum absolute atomic E-state index is 0. The number of Topliss-reactive ketones (excluding diaryl/α,β-unsaturated/α-hetero) is 1. The molecule has 1 aliphatic heterocycles. The van der Waals surface area contributed by atoms with Gasteiger partial charge in [-0.15, -0.1) is 44.2 Å². The number of carbonyl (C=O) groups excluding carboxylic acids is 3. The zero-order valence-electron chi connectivity index (χ0n) is 26.8. The van der Waals surface area contributed by atoms with Gasteiger partial charge in [-0.25, -0.2) is 0 Å². The maximum absolute atomic E-state index is 13.7. The number of rotatable bonds is 6. The number of carboxylic acid groups (broad SMARTS) is 2. The summed E-state index contributed by atoms with van der Waals surface area (Å²) in [5, 5.41) is 26.0. The molecule has 1 atom stereocenters. The first-order valence-corrected chi connectivity index (χ1v) is 14.1. The van der Waals surface area contributed by atoms with Crippen LogP contribution >= 0.6 is 0 Å². The average Bonchev–Trinajstić information content (AvgIpc) is 3.68. The van der Waals surface area contributed by atoms with Crippen molar-refractivity contribution < 1.29 is 101 Å². The molecule has 9 nitrogen and oxygen atoms in total. The summed E-state index contributed by atoms with van der Waals surface area (Å²) in [7, 11) is 0. The molecule has 46 heavy (non-hydrogen) atoms. The van der Waals surface area contributed by atoms with Crippen molar-refractivity contribution in [3.05, 3.63) is 95.3 Å². The van der Waals surface area contributed by atoms with E-state index in [1.54, 1.807) is 26.0 Å². The topological polar surface area (TPSA) is 154 Å². The number of fused-ring (bicyclic) bond motifs is 8. The fourth-order valence-electron chi connectivity index (χ4n) is 6.42. The Morgan fingerprint density at radius 3 is 2.02 bits per heavy atom. The van der Waals surface area contributed by atoms with E-state index in [4.69, 9.17) is 19.9 Å². The summed E-state index contributed by atoms with van der Waals surface area (Å²) in [6.45, 7) is 13.5. The van der Waals surface area contributed by atoms with Gasteiger partial charge in [0.15, 0.2) is 5.78 Å². The van der Waals surface area contributed by atoms with Crippen molar-refractivity contribution in [1.82, 2.24) is 19.9 Å². The van der Waals surface area contributed by atoms with Crippen molar-refractivity contribution in [2.45, 2.75) is 53.9 Å². The van der Waals surface area contributed by atoms with E-state index >= 15 is 0 Å². The summed E-state index contributed by atoms with van der Waals surface area (Å²) in [6.07, 6.45) is 7.72. The number of ketones is 1. The molecule has 2 aliphatic rings. The van der Waals surface area contributed by atoms with Crippen molar-refractivity contribution in [1.29, 1.82) is 0 Å². The van der Waals surface area contributed by atoms with Crippen LogP contribution in [0.4, 0.5) is 0 Å². The third-order valence-electron chi connectivity index (χ3n) is 8.78. The minimum Gasteiger partial charge on any atom is -0.657 e. The first-order valence-electron chi connectivity index (χ1n) is 14.1. The summed E-state index contributed by atoms with van der Waals surface area (Å²) >= 11 is 0. The van der Waals surface area contributed by atoms with Crippen molar-refractivity contribution in [3.8, 4) is 0 Å². The number of aromatic nitrogens is 4. The average molecular weight is 682 g/mol. The van der Waals surface area contributed by atoms with Crippen molar-refractivity contribution in [2.75, 3.05) is 0 Å². The second-order valence-corrected chi connectivity index (χ2v) is 11.1. The van der Waals surface area contributed by atoms with E-state index in [9.17, 15) is 24.6 Å². The third kappa shape index (κ3) is 5.99. The minimum atomic E-state index is -1.63. The van der Waals surface area contributed by atoms with Crippen LogP contribution in [0, 0.1) is 33.6 Å². The van der Waals surface area contributed by atoms with Crippen LogP contribution in [-0.4, -0.2) is 17.7 Å².